The molecule has 0 amide bonds. The van der Waals surface area contributed by atoms with Gasteiger partial charge >= 0.3 is 5.76 Å². The molecule has 3 aromatic carbocycles. The molecule has 2 aliphatic heterocycles. The number of ether oxygens (including phenoxy) is 2. The van der Waals surface area contributed by atoms with Crippen LogP contribution >= 0.6 is 0 Å². The van der Waals surface area contributed by atoms with Crippen LogP contribution < -0.4 is 15.2 Å². The number of hydrogen-bond donors (Lipinski definition) is 0. The minimum atomic E-state index is -0.314. The number of aryl methyl sites for hydroxylation is 3. The Hall–Kier alpha value is -10.6. The van der Waals surface area contributed by atoms with Crippen LogP contribution in [0.4, 0.5) is 5.69 Å². The molecule has 0 spiro atoms. The molecule has 124 heavy (non-hydrogen) atoms. The van der Waals surface area contributed by atoms with Crippen LogP contribution in [0.3, 0.4) is 0 Å². The fraction of sp³-hybridized carbons (Fsp3) is 0.510. The van der Waals surface area contributed by atoms with Crippen molar-refractivity contribution in [2.75, 3.05) is 6.79 Å². The summed E-state index contributed by atoms with van der Waals surface area (Å²) < 4.78 is 25.7. The maximum absolute atomic E-state index is 10.9. The van der Waals surface area contributed by atoms with Crippen LogP contribution in [0.1, 0.15) is 283 Å². The van der Waals surface area contributed by atoms with Crippen LogP contribution in [-0.2, 0) is 27.6 Å². The number of oxazole rings is 1. The monoisotopic (exact) mass is 1720 g/mol. The largest absolute Gasteiger partial charge is 0.454 e. The highest BCUT2D eigenvalue weighted by Gasteiger charge is 2.10. The number of pyridine rings is 5. The van der Waals surface area contributed by atoms with Crippen LogP contribution in [0.25, 0.3) is 50.1 Å². The van der Waals surface area contributed by atoms with E-state index in [2.05, 4.69) is 223 Å². The molecule has 0 unspecified atom stereocenters. The van der Waals surface area contributed by atoms with Crippen molar-refractivity contribution in [1.29, 1.82) is 0 Å². The molecular formula is C104H178N16O4. The quantitative estimate of drug-likeness (QED) is 0.139. The Balaban J connectivity index is -0.000000193. The van der Waals surface area contributed by atoms with Crippen molar-refractivity contribution < 1.29 is 13.9 Å². The summed E-state index contributed by atoms with van der Waals surface area (Å²) in [4.78, 5) is 31.4. The Bertz CT molecular complexity index is 4160. The summed E-state index contributed by atoms with van der Waals surface area (Å²) in [7, 11) is 5.48. The van der Waals surface area contributed by atoms with Gasteiger partial charge < -0.3 is 18.3 Å². The van der Waals surface area contributed by atoms with Gasteiger partial charge in [-0.15, -0.1) is 10.2 Å². The van der Waals surface area contributed by atoms with E-state index in [-0.39, 0.29) is 5.76 Å². The molecule has 0 fully saturated rings. The number of aromatic nitrogens is 15. The summed E-state index contributed by atoms with van der Waals surface area (Å²) in [6, 6.07) is 48.5. The molecule has 11 aromatic heterocycles. The van der Waals surface area contributed by atoms with E-state index in [4.69, 9.17) is 13.9 Å². The van der Waals surface area contributed by atoms with Crippen molar-refractivity contribution in [3.63, 3.8) is 0 Å². The molecule has 0 atom stereocenters. The van der Waals surface area contributed by atoms with E-state index in [1.165, 1.54) is 16.5 Å². The van der Waals surface area contributed by atoms with Crippen molar-refractivity contribution in [3.8, 4) is 11.5 Å². The first-order valence-electron chi connectivity index (χ1n) is 45.5. The van der Waals surface area contributed by atoms with Gasteiger partial charge in [-0.05, 0) is 144 Å². The van der Waals surface area contributed by atoms with Crippen molar-refractivity contribution >= 4 is 62.0 Å². The van der Waals surface area contributed by atoms with Crippen LogP contribution in [0.2, 0.25) is 0 Å². The van der Waals surface area contributed by atoms with Gasteiger partial charge in [0.1, 0.15) is 23.8 Å². The van der Waals surface area contributed by atoms with Gasteiger partial charge in [0.15, 0.2) is 34.0 Å². The maximum Gasteiger partial charge on any atom is 0.419 e. The Morgan fingerprint density at radius 1 is 0.363 bits per heavy atom. The molecular weight excluding hydrogens is 1540 g/mol. The second kappa shape index (κ2) is 88.7. The lowest BCUT2D eigenvalue weighted by Gasteiger charge is -1.91. The van der Waals surface area contributed by atoms with Gasteiger partial charge in [0.2, 0.25) is 6.79 Å². The number of imidazole rings is 1. The van der Waals surface area contributed by atoms with Crippen molar-refractivity contribution in [2.24, 2.45) is 73.5 Å². The van der Waals surface area contributed by atoms with E-state index >= 15 is 0 Å². The van der Waals surface area contributed by atoms with Gasteiger partial charge in [-0.1, -0.05) is 338 Å². The maximum atomic E-state index is 10.9. The Morgan fingerprint density at radius 3 is 1.25 bits per heavy atom. The summed E-state index contributed by atoms with van der Waals surface area (Å²) in [6.45, 7) is 84.4. The Kier molecular flexibility index (Phi) is 92.2. The fourth-order valence-electron chi connectivity index (χ4n) is 7.35. The summed E-state index contributed by atoms with van der Waals surface area (Å²) in [5.74, 6) is 8.04. The predicted molar refractivity (Wildman–Crippen MR) is 545 cm³/mol. The summed E-state index contributed by atoms with van der Waals surface area (Å²) in [5, 5.41) is 20.7. The molecule has 20 nitrogen and oxygen atoms in total. The highest BCUT2D eigenvalue weighted by molar-refractivity contribution is 5.76. The number of aliphatic imine (C=N–C) groups is 1. The van der Waals surface area contributed by atoms with Crippen LogP contribution in [0.15, 0.2) is 234 Å². The Morgan fingerprint density at radius 2 is 0.782 bits per heavy atom. The molecule has 20 heteroatoms. The third kappa shape index (κ3) is 71.9. The number of hydrogen-bond acceptors (Lipinski definition) is 14. The summed E-state index contributed by atoms with van der Waals surface area (Å²) in [6.07, 6.45) is 22.7. The van der Waals surface area contributed by atoms with E-state index in [9.17, 15) is 4.79 Å². The van der Waals surface area contributed by atoms with Crippen LogP contribution in [0.5, 0.6) is 11.5 Å². The van der Waals surface area contributed by atoms with E-state index in [1.807, 2.05) is 315 Å². The lowest BCUT2D eigenvalue weighted by Crippen LogP contribution is -2.08. The van der Waals surface area contributed by atoms with Gasteiger partial charge in [-0.2, -0.15) is 15.3 Å². The SMILES string of the molecule is C1=Nc2ccccc2C1.CC.CC.CC.CC.CC.CC.CC.CC.CC(C)C.CC(C)C.CC(C)C.CC(C)C.CC(C)C.CC(C)C.CC(C)C.CC(C)C.Cn1c(=O)oc2ccccc21.Cn1ncc2cccnc21.Cn1ncc2ncccc21.c1ccc2c(c1)OCO2.c1ccn2ccnc2c1.c1ccn2cnnc2c1.c1ccn2ncnc2c1. The average molecular weight is 1720 g/mol. The molecule has 14 aromatic rings. The molecule has 13 heterocycles. The number of para-hydroxylation sites is 5. The lowest BCUT2D eigenvalue weighted by molar-refractivity contribution is 0.174. The van der Waals surface area contributed by atoms with Gasteiger partial charge in [-0.25, -0.2) is 24.3 Å². The van der Waals surface area contributed by atoms with Crippen molar-refractivity contribution in [3.05, 3.63) is 236 Å². The fourth-order valence-corrected chi connectivity index (χ4v) is 7.35. The van der Waals surface area contributed by atoms with Crippen LogP contribution in [0, 0.1) is 47.3 Å². The summed E-state index contributed by atoms with van der Waals surface area (Å²) in [5.41, 5.74) is 9.68. The third-order valence-corrected chi connectivity index (χ3v) is 11.2. The van der Waals surface area contributed by atoms with E-state index in [0.29, 0.717) is 12.4 Å². The molecule has 0 radical (unpaired) electrons. The molecule has 0 N–H and O–H groups in total. The number of fused-ring (bicyclic) bond motifs is 8. The minimum absolute atomic E-state index is 0.314. The van der Waals surface area contributed by atoms with Crippen molar-refractivity contribution in [2.45, 2.75) is 283 Å². The molecule has 16 rings (SSSR count). The topological polar surface area (TPSA) is 205 Å². The number of rotatable bonds is 0. The predicted octanol–water partition coefficient (Wildman–Crippen LogP) is 30.7. The zero-order valence-electron chi connectivity index (χ0n) is 86.2. The minimum Gasteiger partial charge on any atom is -0.454 e. The van der Waals surface area contributed by atoms with E-state index < -0.39 is 0 Å². The zero-order valence-corrected chi connectivity index (χ0v) is 86.2. The lowest BCUT2D eigenvalue weighted by atomic mass is 10.2. The van der Waals surface area contributed by atoms with Gasteiger partial charge in [-0.3, -0.25) is 28.3 Å². The number of benzene rings is 3. The second-order valence-corrected chi connectivity index (χ2v) is 30.1. The highest BCUT2D eigenvalue weighted by atomic mass is 16.7. The zero-order chi connectivity index (χ0) is 96.9. The highest BCUT2D eigenvalue weighted by Crippen LogP contribution is 2.30. The first-order chi connectivity index (χ1) is 59.2. The standard InChI is InChI=1S/C8H7NO2.C8H7N.2C7H7N3.C7H6N2.C7H6O2.2C6H5N3.8C4H10.8C2H6/c1-9-6-4-2-3-5-7(6)11-8(9)10;1-2-4-8-7(3-1)5-6-9-8;1-10-7-3-2-4-8-6(7)5-9-10;1-10-7-6(5-9-10)3-2-4-8-7;1-2-5-9-6-4-8-7(9)3-1;1-2-4-7-6(3-1)8-5-9-7;1-2-4-9-5-7-8-6(9)3-1;1-2-4-9-6(3-1)7-5-8-9;8*1-4(2)3;8*1-2/h2-5H,1H3;1-4,6H,5H2;2*2-5H,1H3;1-6H;1-4H,5H2;2*1-5H;8*4H,1-3H3;8*1-2H3. The van der Waals surface area contributed by atoms with E-state index in [0.717, 1.165) is 115 Å². The molecule has 0 saturated heterocycles. The van der Waals surface area contributed by atoms with Crippen molar-refractivity contribution in [1.82, 2.24) is 72.7 Å². The second-order valence-electron chi connectivity index (χ2n) is 30.1. The van der Waals surface area contributed by atoms with Crippen LogP contribution in [-0.4, -0.2) is 85.7 Å². The van der Waals surface area contributed by atoms with Gasteiger partial charge in [0, 0.05) is 82.5 Å². The molecule has 0 aliphatic carbocycles. The van der Waals surface area contributed by atoms with E-state index in [1.54, 1.807) is 53.4 Å². The third-order valence-electron chi connectivity index (χ3n) is 11.2. The Labute approximate surface area is 755 Å². The molecule has 2 aliphatic rings. The normalized spacial score (nSPS) is 9.57. The molecule has 0 saturated carbocycles. The molecule has 0 bridgehead atoms. The molecule has 698 valence electrons. The van der Waals surface area contributed by atoms with Gasteiger partial charge in [0.25, 0.3) is 0 Å². The first-order valence-corrected chi connectivity index (χ1v) is 45.5. The first kappa shape index (κ1) is 129. The number of nitrogens with zero attached hydrogens (tertiary/aromatic N) is 16. The van der Waals surface area contributed by atoms with Gasteiger partial charge in [0.05, 0.1) is 29.1 Å². The summed E-state index contributed by atoms with van der Waals surface area (Å²) >= 11 is 0. The average Bonchev–Trinajstić information content (AvgIpc) is 1.68. The smallest absolute Gasteiger partial charge is 0.419 e.